The minimum Gasteiger partial charge on any atom is -0.484 e. The number of hydrogen-bond acceptors (Lipinski definition) is 3. The number of ether oxygens (including phenoxy) is 1. The van der Waals surface area contributed by atoms with Crippen molar-refractivity contribution in [3.8, 4) is 5.75 Å². The van der Waals surface area contributed by atoms with Crippen molar-refractivity contribution in [3.63, 3.8) is 0 Å². The maximum atomic E-state index is 11.6. The maximum Gasteiger partial charge on any atom is 0.257 e. The number of halogens is 1. The summed E-state index contributed by atoms with van der Waals surface area (Å²) >= 11 is 3.36. The number of likely N-dealkylation sites (N-methyl/N-ethyl adjacent to an activating group) is 1. The van der Waals surface area contributed by atoms with Crippen LogP contribution in [0.15, 0.2) is 28.7 Å². The lowest BCUT2D eigenvalue weighted by Crippen LogP contribution is -2.36. The lowest BCUT2D eigenvalue weighted by Gasteiger charge is -2.17. The molecule has 0 bridgehead atoms. The van der Waals surface area contributed by atoms with E-state index in [1.165, 1.54) is 0 Å². The van der Waals surface area contributed by atoms with Crippen LogP contribution in [0.5, 0.6) is 5.75 Å². The summed E-state index contributed by atoms with van der Waals surface area (Å²) < 4.78 is 6.34. The number of nitrogens with one attached hydrogen (secondary N) is 1. The van der Waals surface area contributed by atoms with E-state index in [2.05, 4.69) is 40.0 Å². The Morgan fingerprint density at radius 1 is 1.37 bits per heavy atom. The molecule has 0 unspecified atom stereocenters. The van der Waals surface area contributed by atoms with Gasteiger partial charge in [-0.25, -0.2) is 0 Å². The molecule has 0 aromatic heterocycles. The number of amides is 1. The summed E-state index contributed by atoms with van der Waals surface area (Å²) in [6.07, 6.45) is 0. The molecule has 0 spiro atoms. The fraction of sp³-hybridized carbons (Fsp3) is 0.500. The number of rotatable bonds is 8. The molecule has 0 heterocycles. The smallest absolute Gasteiger partial charge is 0.257 e. The van der Waals surface area contributed by atoms with Gasteiger partial charge in [0.2, 0.25) is 0 Å². The van der Waals surface area contributed by atoms with E-state index in [1.807, 2.05) is 24.3 Å². The first-order valence-electron chi connectivity index (χ1n) is 6.53. The van der Waals surface area contributed by atoms with Gasteiger partial charge in [0.05, 0.1) is 0 Å². The first-order chi connectivity index (χ1) is 9.15. The Morgan fingerprint density at radius 3 is 2.74 bits per heavy atom. The van der Waals surface area contributed by atoms with Gasteiger partial charge in [-0.3, -0.25) is 4.79 Å². The Labute approximate surface area is 123 Å². The second-order valence-corrected chi connectivity index (χ2v) is 5.04. The summed E-state index contributed by atoms with van der Waals surface area (Å²) in [6.45, 7) is 7.80. The second-order valence-electron chi connectivity index (χ2n) is 4.12. The second kappa shape index (κ2) is 8.93. The molecule has 19 heavy (non-hydrogen) atoms. The van der Waals surface area contributed by atoms with E-state index in [0.717, 1.165) is 24.1 Å². The lowest BCUT2D eigenvalue weighted by atomic mass is 10.3. The first-order valence-corrected chi connectivity index (χ1v) is 7.32. The Bertz CT molecular complexity index is 395. The van der Waals surface area contributed by atoms with Crippen molar-refractivity contribution >= 4 is 21.8 Å². The number of nitrogens with zero attached hydrogens (tertiary/aromatic N) is 1. The minimum atomic E-state index is -0.0906. The average Bonchev–Trinajstić information content (AvgIpc) is 2.41. The van der Waals surface area contributed by atoms with Gasteiger partial charge in [-0.1, -0.05) is 35.8 Å². The van der Waals surface area contributed by atoms with Crippen LogP contribution in [0.25, 0.3) is 0 Å². The normalized spacial score (nSPS) is 10.5. The zero-order valence-corrected chi connectivity index (χ0v) is 13.1. The van der Waals surface area contributed by atoms with E-state index >= 15 is 0 Å². The van der Waals surface area contributed by atoms with Crippen LogP contribution in [-0.4, -0.2) is 43.6 Å². The highest BCUT2D eigenvalue weighted by molar-refractivity contribution is 9.10. The summed E-state index contributed by atoms with van der Waals surface area (Å²) in [5.41, 5.74) is 0. The van der Waals surface area contributed by atoms with Crippen LogP contribution in [0.4, 0.5) is 0 Å². The van der Waals surface area contributed by atoms with E-state index < -0.39 is 0 Å². The highest BCUT2D eigenvalue weighted by Crippen LogP contribution is 2.17. The third-order valence-electron chi connectivity index (χ3n) is 2.81. The molecule has 106 valence electrons. The van der Waals surface area contributed by atoms with Crippen LogP contribution in [0.2, 0.25) is 0 Å². The first kappa shape index (κ1) is 16.0. The van der Waals surface area contributed by atoms with Crippen LogP contribution >= 0.6 is 15.9 Å². The number of hydrogen-bond donors (Lipinski definition) is 1. The van der Waals surface area contributed by atoms with Crippen LogP contribution < -0.4 is 10.1 Å². The summed E-state index contributed by atoms with van der Waals surface area (Å²) in [7, 11) is 0. The molecule has 4 nitrogen and oxygen atoms in total. The topological polar surface area (TPSA) is 41.6 Å². The zero-order valence-electron chi connectivity index (χ0n) is 11.5. The van der Waals surface area contributed by atoms with E-state index in [-0.39, 0.29) is 12.5 Å². The SMILES string of the molecule is CCN(CC)CCNC(=O)COc1cccc(Br)c1. The molecule has 0 radical (unpaired) electrons. The van der Waals surface area contributed by atoms with Gasteiger partial charge in [-0.15, -0.1) is 0 Å². The lowest BCUT2D eigenvalue weighted by molar-refractivity contribution is -0.123. The molecule has 1 aromatic rings. The van der Waals surface area contributed by atoms with Gasteiger partial charge < -0.3 is 15.0 Å². The highest BCUT2D eigenvalue weighted by atomic mass is 79.9. The molecule has 0 saturated heterocycles. The van der Waals surface area contributed by atoms with Gasteiger partial charge in [-0.05, 0) is 31.3 Å². The van der Waals surface area contributed by atoms with Crippen molar-refractivity contribution in [2.24, 2.45) is 0 Å². The molecule has 5 heteroatoms. The van der Waals surface area contributed by atoms with E-state index in [1.54, 1.807) is 0 Å². The highest BCUT2D eigenvalue weighted by Gasteiger charge is 2.04. The predicted molar refractivity (Wildman–Crippen MR) is 80.4 cm³/mol. The summed E-state index contributed by atoms with van der Waals surface area (Å²) in [4.78, 5) is 13.9. The van der Waals surface area contributed by atoms with Crippen molar-refractivity contribution in [3.05, 3.63) is 28.7 Å². The van der Waals surface area contributed by atoms with Crippen molar-refractivity contribution in [2.45, 2.75) is 13.8 Å². The molecule has 1 N–H and O–H groups in total. The quantitative estimate of drug-likeness (QED) is 0.796. The van der Waals surface area contributed by atoms with Crippen molar-refractivity contribution in [1.82, 2.24) is 10.2 Å². The van der Waals surface area contributed by atoms with Crippen molar-refractivity contribution in [2.75, 3.05) is 32.8 Å². The van der Waals surface area contributed by atoms with Gasteiger partial charge in [0.25, 0.3) is 5.91 Å². The summed E-state index contributed by atoms with van der Waals surface area (Å²) in [5.74, 6) is 0.598. The van der Waals surface area contributed by atoms with Gasteiger partial charge in [0, 0.05) is 17.6 Å². The van der Waals surface area contributed by atoms with Crippen LogP contribution in [0.1, 0.15) is 13.8 Å². The molecule has 0 fully saturated rings. The largest absolute Gasteiger partial charge is 0.484 e. The van der Waals surface area contributed by atoms with Crippen LogP contribution in [0, 0.1) is 0 Å². The fourth-order valence-electron chi connectivity index (χ4n) is 1.65. The van der Waals surface area contributed by atoms with Gasteiger partial charge in [0.1, 0.15) is 5.75 Å². The molecule has 1 amide bonds. The third-order valence-corrected chi connectivity index (χ3v) is 3.30. The molecule has 0 saturated carbocycles. The van der Waals surface area contributed by atoms with Gasteiger partial charge in [0.15, 0.2) is 6.61 Å². The summed E-state index contributed by atoms with van der Waals surface area (Å²) in [5, 5.41) is 2.85. The number of benzene rings is 1. The molecule has 1 aromatic carbocycles. The molecular weight excluding hydrogens is 308 g/mol. The monoisotopic (exact) mass is 328 g/mol. The van der Waals surface area contributed by atoms with Crippen LogP contribution in [-0.2, 0) is 4.79 Å². The maximum absolute atomic E-state index is 11.6. The Balaban J connectivity index is 2.21. The number of carbonyl (C=O) groups excluding carboxylic acids is 1. The molecule has 0 aliphatic heterocycles. The van der Waals surface area contributed by atoms with Gasteiger partial charge >= 0.3 is 0 Å². The molecule has 1 rings (SSSR count). The number of carbonyl (C=O) groups is 1. The van der Waals surface area contributed by atoms with E-state index in [4.69, 9.17) is 4.74 Å². The fourth-order valence-corrected chi connectivity index (χ4v) is 2.03. The standard InChI is InChI=1S/C14H21BrN2O2/c1-3-17(4-2)9-8-16-14(18)11-19-13-7-5-6-12(15)10-13/h5-7,10H,3-4,8-9,11H2,1-2H3,(H,16,18). The Morgan fingerprint density at radius 2 is 2.11 bits per heavy atom. The van der Waals surface area contributed by atoms with E-state index in [0.29, 0.717) is 12.3 Å². The molecular formula is C14H21BrN2O2. The van der Waals surface area contributed by atoms with Gasteiger partial charge in [-0.2, -0.15) is 0 Å². The predicted octanol–water partition coefficient (Wildman–Crippen LogP) is 2.29. The third kappa shape index (κ3) is 6.59. The Kier molecular flexibility index (Phi) is 7.52. The minimum absolute atomic E-state index is 0.0503. The molecule has 0 atom stereocenters. The van der Waals surface area contributed by atoms with Crippen LogP contribution in [0.3, 0.4) is 0 Å². The average molecular weight is 329 g/mol. The molecule has 0 aliphatic rings. The molecule has 0 aliphatic carbocycles. The van der Waals surface area contributed by atoms with Crippen molar-refractivity contribution < 1.29 is 9.53 Å². The Hall–Kier alpha value is -1.07. The summed E-state index contributed by atoms with van der Waals surface area (Å²) in [6, 6.07) is 7.45. The zero-order chi connectivity index (χ0) is 14.1. The van der Waals surface area contributed by atoms with Crippen molar-refractivity contribution in [1.29, 1.82) is 0 Å². The van der Waals surface area contributed by atoms with E-state index in [9.17, 15) is 4.79 Å².